The number of carbonyl (C=O) groups excluding carboxylic acids is 2. The molecule has 1 heterocycles. The van der Waals surface area contributed by atoms with Crippen LogP contribution in [0.1, 0.15) is 6.42 Å². The van der Waals surface area contributed by atoms with Crippen molar-refractivity contribution < 1.29 is 29.0 Å². The number of carboxylic acid groups (broad SMARTS) is 1. The van der Waals surface area contributed by atoms with Crippen LogP contribution >= 0.6 is 0 Å². The molecule has 2 aromatic rings. The molecule has 1 aliphatic heterocycles. The monoisotopic (exact) mass is 384 g/mol. The molecule has 1 saturated heterocycles. The lowest BCUT2D eigenvalue weighted by Crippen LogP contribution is -2.25. The van der Waals surface area contributed by atoms with Crippen molar-refractivity contribution in [1.29, 1.82) is 0 Å². The predicted molar refractivity (Wildman–Crippen MR) is 102 cm³/mol. The summed E-state index contributed by atoms with van der Waals surface area (Å²) in [6.07, 6.45) is -0.00196. The van der Waals surface area contributed by atoms with Gasteiger partial charge in [0.25, 0.3) is 5.91 Å². The minimum Gasteiger partial charge on any atom is -0.497 e. The van der Waals surface area contributed by atoms with Crippen molar-refractivity contribution in [2.45, 2.75) is 6.42 Å². The SMILES string of the molecule is COc1cccc(NC(=O)COc2ccc(N3CC(C(=O)O)CC3=O)cc2)c1. The number of nitrogens with zero attached hydrogens (tertiary/aromatic N) is 1. The molecule has 1 atom stereocenters. The fraction of sp³-hybridized carbons (Fsp3) is 0.250. The third kappa shape index (κ3) is 4.59. The van der Waals surface area contributed by atoms with Gasteiger partial charge >= 0.3 is 5.97 Å². The molecular weight excluding hydrogens is 364 g/mol. The maximum absolute atomic E-state index is 12.0. The average molecular weight is 384 g/mol. The quantitative estimate of drug-likeness (QED) is 0.758. The van der Waals surface area contributed by atoms with Gasteiger partial charge in [0.15, 0.2) is 6.61 Å². The Hall–Kier alpha value is -3.55. The molecule has 146 valence electrons. The summed E-state index contributed by atoms with van der Waals surface area (Å²) in [5, 5.41) is 11.8. The van der Waals surface area contributed by atoms with E-state index in [2.05, 4.69) is 5.32 Å². The summed E-state index contributed by atoms with van der Waals surface area (Å²) in [6, 6.07) is 13.6. The molecule has 0 aliphatic carbocycles. The van der Waals surface area contributed by atoms with Crippen molar-refractivity contribution in [2.24, 2.45) is 5.92 Å². The van der Waals surface area contributed by atoms with E-state index in [-0.39, 0.29) is 31.4 Å². The van der Waals surface area contributed by atoms with Gasteiger partial charge in [-0.15, -0.1) is 0 Å². The summed E-state index contributed by atoms with van der Waals surface area (Å²) in [5.74, 6) is -1.11. The van der Waals surface area contributed by atoms with Crippen LogP contribution in [0.15, 0.2) is 48.5 Å². The molecule has 0 radical (unpaired) electrons. The number of nitrogens with one attached hydrogen (secondary N) is 1. The van der Waals surface area contributed by atoms with Gasteiger partial charge in [-0.25, -0.2) is 0 Å². The Bertz CT molecular complexity index is 881. The maximum Gasteiger partial charge on any atom is 0.308 e. The normalized spacial score (nSPS) is 16.0. The molecule has 0 aromatic heterocycles. The van der Waals surface area contributed by atoms with Crippen LogP contribution in [0.4, 0.5) is 11.4 Å². The Morgan fingerprint density at radius 1 is 1.18 bits per heavy atom. The van der Waals surface area contributed by atoms with Gasteiger partial charge in [-0.2, -0.15) is 0 Å². The molecule has 0 saturated carbocycles. The lowest BCUT2D eigenvalue weighted by atomic mass is 10.1. The first-order valence-electron chi connectivity index (χ1n) is 8.66. The van der Waals surface area contributed by atoms with Crippen LogP contribution < -0.4 is 19.7 Å². The van der Waals surface area contributed by atoms with E-state index in [4.69, 9.17) is 14.6 Å². The van der Waals surface area contributed by atoms with Crippen LogP contribution in [0.5, 0.6) is 11.5 Å². The van der Waals surface area contributed by atoms with Crippen LogP contribution in [0.25, 0.3) is 0 Å². The second kappa shape index (κ2) is 8.43. The molecule has 3 rings (SSSR count). The maximum atomic E-state index is 12.0. The first-order chi connectivity index (χ1) is 13.5. The summed E-state index contributed by atoms with van der Waals surface area (Å²) < 4.78 is 10.6. The number of aliphatic carboxylic acids is 1. The number of carboxylic acids is 1. The van der Waals surface area contributed by atoms with E-state index in [0.717, 1.165) is 0 Å². The van der Waals surface area contributed by atoms with Gasteiger partial charge in [0, 0.05) is 30.4 Å². The highest BCUT2D eigenvalue weighted by Gasteiger charge is 2.34. The van der Waals surface area contributed by atoms with Crippen LogP contribution in [0.2, 0.25) is 0 Å². The first-order valence-corrected chi connectivity index (χ1v) is 8.66. The number of ether oxygens (including phenoxy) is 2. The Labute approximate surface area is 161 Å². The van der Waals surface area contributed by atoms with Crippen LogP contribution in [-0.2, 0) is 14.4 Å². The summed E-state index contributed by atoms with van der Waals surface area (Å²) in [4.78, 5) is 36.5. The molecule has 2 amide bonds. The topological polar surface area (TPSA) is 105 Å². The van der Waals surface area contributed by atoms with Gasteiger partial charge in [-0.05, 0) is 36.4 Å². The lowest BCUT2D eigenvalue weighted by molar-refractivity contribution is -0.141. The number of amides is 2. The smallest absolute Gasteiger partial charge is 0.308 e. The molecule has 28 heavy (non-hydrogen) atoms. The fourth-order valence-electron chi connectivity index (χ4n) is 2.89. The minimum atomic E-state index is -0.974. The molecule has 1 fully saturated rings. The predicted octanol–water partition coefficient (Wildman–Crippen LogP) is 2.15. The van der Waals surface area contributed by atoms with Gasteiger partial charge in [0.1, 0.15) is 11.5 Å². The average Bonchev–Trinajstić information content (AvgIpc) is 3.09. The molecule has 1 unspecified atom stereocenters. The molecule has 8 heteroatoms. The Kier molecular flexibility index (Phi) is 5.78. The van der Waals surface area contributed by atoms with E-state index < -0.39 is 11.9 Å². The van der Waals surface area contributed by atoms with Crippen molar-refractivity contribution in [1.82, 2.24) is 0 Å². The van der Waals surface area contributed by atoms with Crippen molar-refractivity contribution in [3.8, 4) is 11.5 Å². The third-order valence-corrected chi connectivity index (χ3v) is 4.35. The van der Waals surface area contributed by atoms with Crippen LogP contribution in [-0.4, -0.2) is 43.2 Å². The van der Waals surface area contributed by atoms with Crippen molar-refractivity contribution in [2.75, 3.05) is 30.5 Å². The largest absolute Gasteiger partial charge is 0.497 e. The molecule has 1 aliphatic rings. The number of anilines is 2. The zero-order valence-corrected chi connectivity index (χ0v) is 15.3. The number of carbonyl (C=O) groups is 3. The van der Waals surface area contributed by atoms with E-state index in [9.17, 15) is 14.4 Å². The van der Waals surface area contributed by atoms with Gasteiger partial charge in [0.05, 0.1) is 13.0 Å². The van der Waals surface area contributed by atoms with Crippen molar-refractivity contribution in [3.05, 3.63) is 48.5 Å². The second-order valence-electron chi connectivity index (χ2n) is 6.31. The molecule has 0 spiro atoms. The summed E-state index contributed by atoms with van der Waals surface area (Å²) in [6.45, 7) is -0.0302. The van der Waals surface area contributed by atoms with Gasteiger partial charge in [-0.1, -0.05) is 6.07 Å². The molecule has 2 aromatic carbocycles. The standard InChI is InChI=1S/C20H20N2O6/c1-27-17-4-2-3-14(10-17)21-18(23)12-28-16-7-5-15(6-8-16)22-11-13(20(25)26)9-19(22)24/h2-8,10,13H,9,11-12H2,1H3,(H,21,23)(H,25,26). The second-order valence-corrected chi connectivity index (χ2v) is 6.31. The van der Waals surface area contributed by atoms with Gasteiger partial charge in [-0.3, -0.25) is 14.4 Å². The molecule has 2 N–H and O–H groups in total. The number of benzene rings is 2. The van der Waals surface area contributed by atoms with Gasteiger partial charge in [0.2, 0.25) is 5.91 Å². The highest BCUT2D eigenvalue weighted by atomic mass is 16.5. The summed E-state index contributed by atoms with van der Waals surface area (Å²) in [7, 11) is 1.55. The fourth-order valence-corrected chi connectivity index (χ4v) is 2.89. The lowest BCUT2D eigenvalue weighted by Gasteiger charge is -2.16. The third-order valence-electron chi connectivity index (χ3n) is 4.35. The summed E-state index contributed by atoms with van der Waals surface area (Å²) in [5.41, 5.74) is 1.20. The Balaban J connectivity index is 1.53. The van der Waals surface area contributed by atoms with E-state index >= 15 is 0 Å². The number of hydrogen-bond donors (Lipinski definition) is 2. The summed E-state index contributed by atoms with van der Waals surface area (Å²) >= 11 is 0. The van der Waals surface area contributed by atoms with Crippen molar-refractivity contribution >= 4 is 29.2 Å². The Morgan fingerprint density at radius 3 is 2.57 bits per heavy atom. The minimum absolute atomic E-state index is 0.00196. The molecular formula is C20H20N2O6. The van der Waals surface area contributed by atoms with Gasteiger partial charge < -0.3 is 24.8 Å². The molecule has 0 bridgehead atoms. The zero-order valence-electron chi connectivity index (χ0n) is 15.3. The van der Waals surface area contributed by atoms with E-state index in [1.807, 2.05) is 0 Å². The number of rotatable bonds is 7. The van der Waals surface area contributed by atoms with Crippen molar-refractivity contribution in [3.63, 3.8) is 0 Å². The Morgan fingerprint density at radius 2 is 1.93 bits per heavy atom. The first kappa shape index (κ1) is 19.2. The highest BCUT2D eigenvalue weighted by molar-refractivity contribution is 5.99. The highest BCUT2D eigenvalue weighted by Crippen LogP contribution is 2.27. The molecule has 8 nitrogen and oxygen atoms in total. The zero-order chi connectivity index (χ0) is 20.1. The van der Waals surface area contributed by atoms with E-state index in [1.165, 1.54) is 4.90 Å². The van der Waals surface area contributed by atoms with E-state index in [0.29, 0.717) is 22.9 Å². The van der Waals surface area contributed by atoms with E-state index in [1.54, 1.807) is 55.6 Å². The number of methoxy groups -OCH3 is 1. The number of hydrogen-bond acceptors (Lipinski definition) is 5. The van der Waals surface area contributed by atoms with Crippen LogP contribution in [0.3, 0.4) is 0 Å². The van der Waals surface area contributed by atoms with Crippen LogP contribution in [0, 0.1) is 5.92 Å².